The number of carboxylic acid groups (broad SMARTS) is 1. The van der Waals surface area contributed by atoms with Gasteiger partial charge in [0.25, 0.3) is 0 Å². The molecule has 7 heteroatoms. The molecule has 0 radical (unpaired) electrons. The predicted molar refractivity (Wildman–Crippen MR) is 77.2 cm³/mol. The molecule has 120 valence electrons. The van der Waals surface area contributed by atoms with E-state index in [9.17, 15) is 9.59 Å². The van der Waals surface area contributed by atoms with E-state index >= 15 is 0 Å². The molecule has 0 aromatic carbocycles. The van der Waals surface area contributed by atoms with E-state index < -0.39 is 12.1 Å². The predicted octanol–water partition coefficient (Wildman–Crippen LogP) is 0.354. The van der Waals surface area contributed by atoms with Gasteiger partial charge in [-0.3, -0.25) is 4.90 Å². The standard InChI is InChI=1S/C14H25N3O4/c1-14(2)9-17(7-6-16(14)3)13(20)15-8-10-4-5-11(21-10)12(18)19/h10-11H,4-9H2,1-3H3,(H,15,20)(H,18,19). The third-order valence-electron chi connectivity index (χ3n) is 4.47. The molecule has 0 spiro atoms. The molecule has 2 heterocycles. The Kier molecular flexibility index (Phi) is 4.73. The van der Waals surface area contributed by atoms with E-state index in [4.69, 9.17) is 9.84 Å². The number of hydrogen-bond donors (Lipinski definition) is 2. The first-order valence-electron chi connectivity index (χ1n) is 7.42. The lowest BCUT2D eigenvalue weighted by molar-refractivity contribution is -0.149. The first kappa shape index (κ1) is 16.0. The molecule has 0 aromatic rings. The zero-order valence-corrected chi connectivity index (χ0v) is 13.0. The van der Waals surface area contributed by atoms with Gasteiger partial charge in [0.1, 0.15) is 0 Å². The Morgan fingerprint density at radius 2 is 2.05 bits per heavy atom. The van der Waals surface area contributed by atoms with E-state index in [-0.39, 0.29) is 17.7 Å². The summed E-state index contributed by atoms with van der Waals surface area (Å²) >= 11 is 0. The van der Waals surface area contributed by atoms with Crippen LogP contribution < -0.4 is 5.32 Å². The monoisotopic (exact) mass is 299 g/mol. The summed E-state index contributed by atoms with van der Waals surface area (Å²) in [5.74, 6) is -0.926. The summed E-state index contributed by atoms with van der Waals surface area (Å²) in [6, 6.07) is -0.0986. The van der Waals surface area contributed by atoms with Gasteiger partial charge in [-0.05, 0) is 33.7 Å². The summed E-state index contributed by atoms with van der Waals surface area (Å²) in [5.41, 5.74) is -0.0339. The molecule has 0 aliphatic carbocycles. The van der Waals surface area contributed by atoms with Gasteiger partial charge in [0.2, 0.25) is 0 Å². The van der Waals surface area contributed by atoms with Gasteiger partial charge in [0, 0.05) is 31.7 Å². The van der Waals surface area contributed by atoms with Crippen molar-refractivity contribution in [3.05, 3.63) is 0 Å². The zero-order valence-electron chi connectivity index (χ0n) is 13.0. The van der Waals surface area contributed by atoms with Crippen LogP contribution in [-0.4, -0.2) is 77.9 Å². The molecule has 21 heavy (non-hydrogen) atoms. The molecule has 0 bridgehead atoms. The summed E-state index contributed by atoms with van der Waals surface area (Å²) in [7, 11) is 2.06. The SMILES string of the molecule is CN1CCN(C(=O)NCC2CCC(C(=O)O)O2)CC1(C)C. The minimum Gasteiger partial charge on any atom is -0.479 e. The molecule has 0 saturated carbocycles. The Bertz CT molecular complexity index is 413. The molecule has 2 unspecified atom stereocenters. The maximum atomic E-state index is 12.2. The van der Waals surface area contributed by atoms with Crippen molar-refractivity contribution in [3.8, 4) is 0 Å². The Morgan fingerprint density at radius 3 is 2.62 bits per heavy atom. The van der Waals surface area contributed by atoms with Crippen molar-refractivity contribution in [1.29, 1.82) is 0 Å². The molecule has 7 nitrogen and oxygen atoms in total. The van der Waals surface area contributed by atoms with Crippen LogP contribution in [0, 0.1) is 0 Å². The topological polar surface area (TPSA) is 82.1 Å². The second-order valence-corrected chi connectivity index (χ2v) is 6.50. The molecule has 2 rings (SSSR count). The maximum Gasteiger partial charge on any atom is 0.332 e. The van der Waals surface area contributed by atoms with Crippen molar-refractivity contribution in [2.45, 2.75) is 44.4 Å². The Hall–Kier alpha value is -1.34. The number of ether oxygens (including phenoxy) is 1. The van der Waals surface area contributed by atoms with E-state index in [0.29, 0.717) is 32.5 Å². The summed E-state index contributed by atoms with van der Waals surface area (Å²) in [4.78, 5) is 27.1. The van der Waals surface area contributed by atoms with Crippen LogP contribution >= 0.6 is 0 Å². The Morgan fingerprint density at radius 1 is 1.33 bits per heavy atom. The van der Waals surface area contributed by atoms with E-state index in [1.165, 1.54) is 0 Å². The van der Waals surface area contributed by atoms with Gasteiger partial charge in [0.15, 0.2) is 6.10 Å². The smallest absolute Gasteiger partial charge is 0.332 e. The highest BCUT2D eigenvalue weighted by Gasteiger charge is 2.34. The number of hydrogen-bond acceptors (Lipinski definition) is 4. The average molecular weight is 299 g/mol. The molecule has 2 saturated heterocycles. The van der Waals surface area contributed by atoms with E-state index in [2.05, 4.69) is 31.1 Å². The summed E-state index contributed by atoms with van der Waals surface area (Å²) in [6.45, 7) is 6.83. The number of carbonyl (C=O) groups excluding carboxylic acids is 1. The summed E-state index contributed by atoms with van der Waals surface area (Å²) in [6.07, 6.45) is 0.257. The lowest BCUT2D eigenvalue weighted by Gasteiger charge is -2.45. The first-order valence-corrected chi connectivity index (χ1v) is 7.42. The molecular formula is C14H25N3O4. The maximum absolute atomic E-state index is 12.2. The van der Waals surface area contributed by atoms with E-state index in [1.54, 1.807) is 0 Å². The van der Waals surface area contributed by atoms with Gasteiger partial charge in [0.05, 0.1) is 6.10 Å². The molecule has 0 aromatic heterocycles. The van der Waals surface area contributed by atoms with Gasteiger partial charge in [-0.15, -0.1) is 0 Å². The normalized spacial score (nSPS) is 29.4. The van der Waals surface area contributed by atoms with Gasteiger partial charge < -0.3 is 20.1 Å². The Labute approximate surface area is 125 Å². The molecule has 2 aliphatic rings. The van der Waals surface area contributed by atoms with Crippen LogP contribution in [0.15, 0.2) is 0 Å². The van der Waals surface area contributed by atoms with E-state index in [0.717, 1.165) is 6.54 Å². The fourth-order valence-corrected chi connectivity index (χ4v) is 2.76. The number of amides is 2. The second kappa shape index (κ2) is 6.19. The number of nitrogens with zero attached hydrogens (tertiary/aromatic N) is 2. The number of carbonyl (C=O) groups is 2. The second-order valence-electron chi connectivity index (χ2n) is 6.50. The van der Waals surface area contributed by atoms with E-state index in [1.807, 2.05) is 4.90 Å². The number of urea groups is 1. The molecule has 2 fully saturated rings. The number of nitrogens with one attached hydrogen (secondary N) is 1. The minimum atomic E-state index is -0.926. The van der Waals surface area contributed by atoms with Crippen molar-refractivity contribution in [3.63, 3.8) is 0 Å². The van der Waals surface area contributed by atoms with Gasteiger partial charge in [-0.2, -0.15) is 0 Å². The van der Waals surface area contributed by atoms with Crippen molar-refractivity contribution >= 4 is 12.0 Å². The third kappa shape index (κ3) is 3.85. The number of rotatable bonds is 3. The van der Waals surface area contributed by atoms with Crippen LogP contribution in [0.3, 0.4) is 0 Å². The molecule has 2 amide bonds. The van der Waals surface area contributed by atoms with Crippen LogP contribution in [0.5, 0.6) is 0 Å². The first-order chi connectivity index (χ1) is 9.79. The lowest BCUT2D eigenvalue weighted by Crippen LogP contribution is -2.60. The number of aliphatic carboxylic acids is 1. The summed E-state index contributed by atoms with van der Waals surface area (Å²) < 4.78 is 5.38. The summed E-state index contributed by atoms with van der Waals surface area (Å²) in [5, 5.41) is 11.7. The van der Waals surface area contributed by atoms with Crippen molar-refractivity contribution in [2.75, 3.05) is 33.2 Å². The average Bonchev–Trinajstić information content (AvgIpc) is 2.88. The molecular weight excluding hydrogens is 274 g/mol. The van der Waals surface area contributed by atoms with Crippen LogP contribution in [-0.2, 0) is 9.53 Å². The minimum absolute atomic E-state index is 0.0339. The van der Waals surface area contributed by atoms with Crippen LogP contribution in [0.25, 0.3) is 0 Å². The van der Waals surface area contributed by atoms with Crippen LogP contribution in [0.1, 0.15) is 26.7 Å². The van der Waals surface area contributed by atoms with Crippen molar-refractivity contribution in [1.82, 2.24) is 15.1 Å². The lowest BCUT2D eigenvalue weighted by atomic mass is 10.0. The third-order valence-corrected chi connectivity index (χ3v) is 4.47. The van der Waals surface area contributed by atoms with Crippen molar-refractivity contribution in [2.24, 2.45) is 0 Å². The van der Waals surface area contributed by atoms with Crippen molar-refractivity contribution < 1.29 is 19.4 Å². The zero-order chi connectivity index (χ0) is 15.6. The molecule has 2 N–H and O–H groups in total. The molecule has 2 atom stereocenters. The van der Waals surface area contributed by atoms with Gasteiger partial charge in [-0.1, -0.05) is 0 Å². The number of piperazine rings is 1. The van der Waals surface area contributed by atoms with Crippen LogP contribution in [0.2, 0.25) is 0 Å². The fourth-order valence-electron chi connectivity index (χ4n) is 2.76. The number of likely N-dealkylation sites (N-methyl/N-ethyl adjacent to an activating group) is 1. The highest BCUT2D eigenvalue weighted by molar-refractivity contribution is 5.74. The van der Waals surface area contributed by atoms with Crippen LogP contribution in [0.4, 0.5) is 4.79 Å². The highest BCUT2D eigenvalue weighted by Crippen LogP contribution is 2.20. The quantitative estimate of drug-likeness (QED) is 0.786. The largest absolute Gasteiger partial charge is 0.479 e. The fraction of sp³-hybridized carbons (Fsp3) is 0.857. The molecule has 2 aliphatic heterocycles. The Balaban J connectivity index is 1.77. The number of carboxylic acids is 1. The van der Waals surface area contributed by atoms with Gasteiger partial charge in [-0.25, -0.2) is 9.59 Å². The highest BCUT2D eigenvalue weighted by atomic mass is 16.5. The van der Waals surface area contributed by atoms with Gasteiger partial charge >= 0.3 is 12.0 Å².